The summed E-state index contributed by atoms with van der Waals surface area (Å²) in [5.74, 6) is 0.467. The molecule has 2 atom stereocenters. The van der Waals surface area contributed by atoms with Gasteiger partial charge in [-0.2, -0.15) is 5.10 Å². The summed E-state index contributed by atoms with van der Waals surface area (Å²) >= 11 is 0. The minimum Gasteiger partial charge on any atom is -0.381 e. The zero-order valence-corrected chi connectivity index (χ0v) is 15.2. The first-order valence-electron chi connectivity index (χ1n) is 9.73. The van der Waals surface area contributed by atoms with Crippen molar-refractivity contribution in [2.45, 2.75) is 50.5 Å². The molecule has 0 radical (unpaired) electrons. The summed E-state index contributed by atoms with van der Waals surface area (Å²) in [5.41, 5.74) is 1.66. The van der Waals surface area contributed by atoms with Crippen LogP contribution in [-0.2, 0) is 16.6 Å². The molecule has 3 aliphatic rings. The second-order valence-electron chi connectivity index (χ2n) is 8.21. The highest BCUT2D eigenvalue weighted by molar-refractivity contribution is 5.80. The third kappa shape index (κ3) is 3.60. The molecule has 1 aromatic rings. The van der Waals surface area contributed by atoms with Gasteiger partial charge in [0.25, 0.3) is 0 Å². The molecule has 1 aromatic heterocycles. The maximum Gasteiger partial charge on any atom is 0.225 e. The van der Waals surface area contributed by atoms with E-state index in [2.05, 4.69) is 15.7 Å². The molecular weight excluding hydrogens is 316 g/mol. The van der Waals surface area contributed by atoms with Crippen molar-refractivity contribution in [3.05, 3.63) is 18.0 Å². The van der Waals surface area contributed by atoms with E-state index in [1.165, 1.54) is 25.7 Å². The Balaban J connectivity index is 1.33. The van der Waals surface area contributed by atoms with Gasteiger partial charge in [-0.3, -0.25) is 9.48 Å². The average Bonchev–Trinajstić information content (AvgIpc) is 3.26. The van der Waals surface area contributed by atoms with Crippen molar-refractivity contribution in [2.75, 3.05) is 26.3 Å². The highest BCUT2D eigenvalue weighted by Gasteiger charge is 2.39. The van der Waals surface area contributed by atoms with Gasteiger partial charge in [-0.05, 0) is 49.5 Å². The smallest absolute Gasteiger partial charge is 0.225 e. The standard InChI is InChI=1S/C19H30N4O2/c1-23-13-14(10-21-23)16-11-20-12-17(16)18(24)22-15-2-4-19(5-3-15)6-8-25-9-7-19/h10,13,15-17,20H,2-9,11-12H2,1H3,(H,22,24)/t16-,17+/m1/s1. The van der Waals surface area contributed by atoms with Crippen LogP contribution in [0.15, 0.2) is 12.4 Å². The maximum atomic E-state index is 12.9. The molecule has 0 bridgehead atoms. The monoisotopic (exact) mass is 346 g/mol. The molecule has 6 nitrogen and oxygen atoms in total. The zero-order valence-electron chi connectivity index (χ0n) is 15.2. The molecular formula is C19H30N4O2. The van der Waals surface area contributed by atoms with Crippen LogP contribution in [0.3, 0.4) is 0 Å². The van der Waals surface area contributed by atoms with Gasteiger partial charge in [-0.1, -0.05) is 0 Å². The molecule has 6 heteroatoms. The predicted molar refractivity (Wildman–Crippen MR) is 95.2 cm³/mol. The Labute approximate surface area is 149 Å². The van der Waals surface area contributed by atoms with Gasteiger partial charge in [0.05, 0.1) is 12.1 Å². The van der Waals surface area contributed by atoms with E-state index in [0.717, 1.165) is 44.7 Å². The van der Waals surface area contributed by atoms with Crippen LogP contribution in [0.2, 0.25) is 0 Å². The number of aromatic nitrogens is 2. The molecule has 1 amide bonds. The van der Waals surface area contributed by atoms with Crippen molar-refractivity contribution >= 4 is 5.91 Å². The van der Waals surface area contributed by atoms with Crippen LogP contribution in [0.1, 0.15) is 50.0 Å². The Morgan fingerprint density at radius 2 is 2.04 bits per heavy atom. The number of ether oxygens (including phenoxy) is 1. The van der Waals surface area contributed by atoms with Crippen LogP contribution in [0, 0.1) is 11.3 Å². The quantitative estimate of drug-likeness (QED) is 0.872. The lowest BCUT2D eigenvalue weighted by molar-refractivity contribution is -0.126. The Hall–Kier alpha value is -1.40. The zero-order chi connectivity index (χ0) is 17.3. The lowest BCUT2D eigenvalue weighted by atomic mass is 9.68. The topological polar surface area (TPSA) is 68.2 Å². The predicted octanol–water partition coefficient (Wildman–Crippen LogP) is 1.58. The van der Waals surface area contributed by atoms with Crippen molar-refractivity contribution < 1.29 is 9.53 Å². The Morgan fingerprint density at radius 3 is 2.72 bits per heavy atom. The van der Waals surface area contributed by atoms with Crippen LogP contribution in [-0.4, -0.2) is 48.0 Å². The number of carbonyl (C=O) groups excluding carboxylic acids is 1. The Morgan fingerprint density at radius 1 is 1.28 bits per heavy atom. The summed E-state index contributed by atoms with van der Waals surface area (Å²) in [4.78, 5) is 12.9. The maximum absolute atomic E-state index is 12.9. The fraction of sp³-hybridized carbons (Fsp3) is 0.789. The molecule has 1 spiro atoms. The molecule has 1 saturated carbocycles. The van der Waals surface area contributed by atoms with Gasteiger partial charge in [0.2, 0.25) is 5.91 Å². The molecule has 0 unspecified atom stereocenters. The minimum atomic E-state index is 0.0168. The first kappa shape index (κ1) is 17.0. The lowest BCUT2D eigenvalue weighted by Crippen LogP contribution is -2.45. The van der Waals surface area contributed by atoms with Gasteiger partial charge in [-0.25, -0.2) is 0 Å². The van der Waals surface area contributed by atoms with Gasteiger partial charge < -0.3 is 15.4 Å². The Bertz CT molecular complexity index is 598. The number of amides is 1. The van der Waals surface area contributed by atoms with Gasteiger partial charge >= 0.3 is 0 Å². The number of hydrogen-bond acceptors (Lipinski definition) is 4. The number of nitrogens with zero attached hydrogens (tertiary/aromatic N) is 2. The second kappa shape index (κ2) is 7.08. The number of aryl methyl sites for hydroxylation is 1. The molecule has 2 saturated heterocycles. The fourth-order valence-corrected chi connectivity index (χ4v) is 4.92. The summed E-state index contributed by atoms with van der Waals surface area (Å²) in [6.07, 6.45) is 11.0. The van der Waals surface area contributed by atoms with E-state index < -0.39 is 0 Å². The van der Waals surface area contributed by atoms with Crippen molar-refractivity contribution in [3.63, 3.8) is 0 Å². The van der Waals surface area contributed by atoms with Gasteiger partial charge in [-0.15, -0.1) is 0 Å². The minimum absolute atomic E-state index is 0.0168. The highest BCUT2D eigenvalue weighted by Crippen LogP contribution is 2.44. The SMILES string of the molecule is Cn1cc([C@H]2CNC[C@@H]2C(=O)NC2CCC3(CCOCC3)CC2)cn1. The second-order valence-corrected chi connectivity index (χ2v) is 8.21. The molecule has 138 valence electrons. The fourth-order valence-electron chi connectivity index (χ4n) is 4.92. The van der Waals surface area contributed by atoms with Crippen LogP contribution in [0.25, 0.3) is 0 Å². The molecule has 1 aliphatic carbocycles. The first-order chi connectivity index (χ1) is 12.2. The van der Waals surface area contributed by atoms with E-state index in [1.807, 2.05) is 24.1 Å². The number of nitrogens with one attached hydrogen (secondary N) is 2. The average molecular weight is 346 g/mol. The molecule has 3 fully saturated rings. The largest absolute Gasteiger partial charge is 0.381 e. The number of hydrogen-bond donors (Lipinski definition) is 2. The summed E-state index contributed by atoms with van der Waals surface area (Å²) in [6, 6.07) is 0.344. The lowest BCUT2D eigenvalue weighted by Gasteiger charge is -2.43. The third-order valence-corrected chi connectivity index (χ3v) is 6.65. The van der Waals surface area contributed by atoms with E-state index in [1.54, 1.807) is 0 Å². The summed E-state index contributed by atoms with van der Waals surface area (Å²) < 4.78 is 7.34. The van der Waals surface area contributed by atoms with E-state index in [0.29, 0.717) is 11.5 Å². The van der Waals surface area contributed by atoms with Crippen LogP contribution < -0.4 is 10.6 Å². The van der Waals surface area contributed by atoms with Gasteiger partial charge in [0.1, 0.15) is 0 Å². The van der Waals surface area contributed by atoms with E-state index in [4.69, 9.17) is 4.74 Å². The van der Waals surface area contributed by atoms with Crippen molar-refractivity contribution in [3.8, 4) is 0 Å². The van der Waals surface area contributed by atoms with Crippen LogP contribution in [0.4, 0.5) is 0 Å². The van der Waals surface area contributed by atoms with Gasteiger partial charge in [0, 0.05) is 51.5 Å². The van der Waals surface area contributed by atoms with E-state index >= 15 is 0 Å². The number of rotatable bonds is 3. The van der Waals surface area contributed by atoms with Crippen LogP contribution in [0.5, 0.6) is 0 Å². The van der Waals surface area contributed by atoms with E-state index in [-0.39, 0.29) is 17.7 Å². The first-order valence-corrected chi connectivity index (χ1v) is 9.73. The van der Waals surface area contributed by atoms with Gasteiger partial charge in [0.15, 0.2) is 0 Å². The normalized spacial score (nSPS) is 29.8. The molecule has 3 heterocycles. The molecule has 2 N–H and O–H groups in total. The third-order valence-electron chi connectivity index (χ3n) is 6.65. The van der Waals surface area contributed by atoms with Crippen molar-refractivity contribution in [2.24, 2.45) is 18.4 Å². The molecule has 0 aromatic carbocycles. The highest BCUT2D eigenvalue weighted by atomic mass is 16.5. The summed E-state index contributed by atoms with van der Waals surface area (Å²) in [6.45, 7) is 3.45. The number of carbonyl (C=O) groups is 1. The summed E-state index contributed by atoms with van der Waals surface area (Å²) in [5, 5.41) is 11.0. The molecule has 4 rings (SSSR count). The van der Waals surface area contributed by atoms with Crippen molar-refractivity contribution in [1.29, 1.82) is 0 Å². The Kier molecular flexibility index (Phi) is 4.82. The molecule has 2 aliphatic heterocycles. The van der Waals surface area contributed by atoms with Crippen molar-refractivity contribution in [1.82, 2.24) is 20.4 Å². The summed E-state index contributed by atoms with van der Waals surface area (Å²) in [7, 11) is 1.93. The van der Waals surface area contributed by atoms with E-state index in [9.17, 15) is 4.79 Å². The van der Waals surface area contributed by atoms with Crippen LogP contribution >= 0.6 is 0 Å². The molecule has 25 heavy (non-hydrogen) atoms.